The molecule has 3 aromatic rings. The number of carbonyl (C=O) groups is 2. The van der Waals surface area contributed by atoms with Crippen molar-refractivity contribution in [2.24, 2.45) is 0 Å². The highest BCUT2D eigenvalue weighted by Gasteiger charge is 2.31. The molecule has 7 heteroatoms. The van der Waals surface area contributed by atoms with Crippen LogP contribution in [0.1, 0.15) is 18.1 Å². The molecule has 0 spiro atoms. The highest BCUT2D eigenvalue weighted by molar-refractivity contribution is 6.31. The number of rotatable bonds is 10. The summed E-state index contributed by atoms with van der Waals surface area (Å²) in [4.78, 5) is 27.8. The van der Waals surface area contributed by atoms with Gasteiger partial charge in [-0.25, -0.2) is 4.39 Å². The van der Waals surface area contributed by atoms with Crippen LogP contribution in [0.4, 0.5) is 4.39 Å². The quantitative estimate of drug-likeness (QED) is 0.472. The molecule has 0 aliphatic heterocycles. The van der Waals surface area contributed by atoms with Crippen molar-refractivity contribution in [2.75, 3.05) is 13.2 Å². The molecule has 5 nitrogen and oxygen atoms in total. The number of hydrogen-bond acceptors (Lipinski definition) is 3. The number of nitrogens with one attached hydrogen (secondary N) is 1. The van der Waals surface area contributed by atoms with E-state index in [1.807, 2.05) is 43.3 Å². The fourth-order valence-corrected chi connectivity index (χ4v) is 3.64. The molecule has 3 rings (SSSR count). The van der Waals surface area contributed by atoms with E-state index in [1.165, 1.54) is 17.0 Å². The van der Waals surface area contributed by atoms with Gasteiger partial charge in [-0.3, -0.25) is 9.59 Å². The monoisotopic (exact) mass is 468 g/mol. The molecular formula is C26H26ClFN2O3. The molecule has 0 aliphatic carbocycles. The fourth-order valence-electron chi connectivity index (χ4n) is 3.44. The molecule has 1 unspecified atom stereocenters. The van der Waals surface area contributed by atoms with Crippen LogP contribution in [0.5, 0.6) is 5.75 Å². The molecule has 1 N–H and O–H groups in total. The number of ether oxygens (including phenoxy) is 1. The first-order valence-electron chi connectivity index (χ1n) is 10.7. The second-order valence-electron chi connectivity index (χ2n) is 7.43. The molecule has 0 bridgehead atoms. The third kappa shape index (κ3) is 6.80. The van der Waals surface area contributed by atoms with Crippen LogP contribution in [0, 0.1) is 5.82 Å². The second kappa shape index (κ2) is 12.0. The van der Waals surface area contributed by atoms with Crippen LogP contribution < -0.4 is 10.1 Å². The Hall–Kier alpha value is -3.38. The van der Waals surface area contributed by atoms with Crippen LogP contribution in [-0.2, 0) is 22.6 Å². The second-order valence-corrected chi connectivity index (χ2v) is 7.84. The summed E-state index contributed by atoms with van der Waals surface area (Å²) in [6.45, 7) is 1.92. The Morgan fingerprint density at radius 3 is 2.36 bits per heavy atom. The molecule has 3 aromatic carbocycles. The molecule has 0 aliphatic rings. The smallest absolute Gasteiger partial charge is 0.261 e. The van der Waals surface area contributed by atoms with Gasteiger partial charge in [0.05, 0.1) is 0 Å². The molecule has 0 fully saturated rings. The van der Waals surface area contributed by atoms with Crippen LogP contribution in [0.2, 0.25) is 5.02 Å². The van der Waals surface area contributed by atoms with E-state index >= 15 is 0 Å². The average Bonchev–Trinajstić information content (AvgIpc) is 2.82. The van der Waals surface area contributed by atoms with E-state index in [0.717, 1.165) is 5.56 Å². The molecule has 0 aromatic heterocycles. The Labute approximate surface area is 198 Å². The zero-order valence-corrected chi connectivity index (χ0v) is 19.1. The fraction of sp³-hybridized carbons (Fsp3) is 0.231. The van der Waals surface area contributed by atoms with Gasteiger partial charge in [0, 0.05) is 24.5 Å². The minimum absolute atomic E-state index is 0.0267. The number of hydrogen-bond donors (Lipinski definition) is 1. The summed E-state index contributed by atoms with van der Waals surface area (Å²) in [6.07, 6.45) is 0.308. The Morgan fingerprint density at radius 1 is 1.00 bits per heavy atom. The number of amides is 2. The van der Waals surface area contributed by atoms with Gasteiger partial charge >= 0.3 is 0 Å². The lowest BCUT2D eigenvalue weighted by Gasteiger charge is -2.31. The van der Waals surface area contributed by atoms with E-state index in [9.17, 15) is 14.0 Å². The molecule has 172 valence electrons. The van der Waals surface area contributed by atoms with Crippen molar-refractivity contribution in [1.82, 2.24) is 10.2 Å². The summed E-state index contributed by atoms with van der Waals surface area (Å²) in [5.41, 5.74) is 1.60. The third-order valence-corrected chi connectivity index (χ3v) is 5.48. The lowest BCUT2D eigenvalue weighted by Crippen LogP contribution is -2.51. The maximum absolute atomic E-state index is 14.0. The minimum atomic E-state index is -0.805. The molecule has 0 heterocycles. The molecule has 0 saturated carbocycles. The summed E-state index contributed by atoms with van der Waals surface area (Å²) in [6, 6.07) is 21.7. The van der Waals surface area contributed by atoms with Gasteiger partial charge in [-0.1, -0.05) is 72.3 Å². The number of carbonyl (C=O) groups excluding carboxylic acids is 2. The Balaban J connectivity index is 1.91. The topological polar surface area (TPSA) is 58.6 Å². The van der Waals surface area contributed by atoms with E-state index in [1.54, 1.807) is 30.3 Å². The van der Waals surface area contributed by atoms with Crippen molar-refractivity contribution >= 4 is 23.4 Å². The maximum atomic E-state index is 14.0. The highest BCUT2D eigenvalue weighted by atomic mass is 35.5. The van der Waals surface area contributed by atoms with Crippen molar-refractivity contribution in [2.45, 2.75) is 25.9 Å². The van der Waals surface area contributed by atoms with Gasteiger partial charge in [0.25, 0.3) is 5.91 Å². The van der Waals surface area contributed by atoms with Gasteiger partial charge in [0.1, 0.15) is 6.04 Å². The molecule has 0 saturated heterocycles. The third-order valence-electron chi connectivity index (χ3n) is 5.11. The predicted octanol–water partition coefficient (Wildman–Crippen LogP) is 4.63. The molecule has 2 amide bonds. The van der Waals surface area contributed by atoms with Crippen molar-refractivity contribution in [1.29, 1.82) is 0 Å². The molecule has 1 atom stereocenters. The van der Waals surface area contributed by atoms with Gasteiger partial charge in [0.2, 0.25) is 5.91 Å². The standard InChI is InChI=1S/C26H26ClFN2O3/c1-2-29-26(32)23(16-19-10-4-3-5-11-19)30(17-20-12-6-7-13-21(20)27)25(31)18-33-24-15-9-8-14-22(24)28/h3-15,23H,2,16-18H2,1H3,(H,29,32). The van der Waals surface area contributed by atoms with E-state index in [-0.39, 0.29) is 18.2 Å². The van der Waals surface area contributed by atoms with E-state index in [2.05, 4.69) is 5.32 Å². The van der Waals surface area contributed by atoms with Gasteiger partial charge in [-0.15, -0.1) is 0 Å². The van der Waals surface area contributed by atoms with Crippen LogP contribution in [0.25, 0.3) is 0 Å². The number of likely N-dealkylation sites (N-methyl/N-ethyl adjacent to an activating group) is 1. The van der Waals surface area contributed by atoms with Gasteiger partial charge in [-0.2, -0.15) is 0 Å². The van der Waals surface area contributed by atoms with Gasteiger partial charge in [-0.05, 0) is 36.2 Å². The number of halogens is 2. The molecular weight excluding hydrogens is 443 g/mol. The number of nitrogens with zero attached hydrogens (tertiary/aromatic N) is 1. The summed E-state index contributed by atoms with van der Waals surface area (Å²) in [7, 11) is 0. The van der Waals surface area contributed by atoms with Gasteiger partial charge in [0.15, 0.2) is 18.2 Å². The summed E-state index contributed by atoms with van der Waals surface area (Å²) in [5.74, 6) is -1.33. The minimum Gasteiger partial charge on any atom is -0.481 e. The summed E-state index contributed by atoms with van der Waals surface area (Å²) < 4.78 is 19.4. The van der Waals surface area contributed by atoms with E-state index in [4.69, 9.17) is 16.3 Å². The van der Waals surface area contributed by atoms with Crippen LogP contribution in [-0.4, -0.2) is 35.9 Å². The van der Waals surface area contributed by atoms with E-state index in [0.29, 0.717) is 23.6 Å². The van der Waals surface area contributed by atoms with E-state index < -0.39 is 24.4 Å². The van der Waals surface area contributed by atoms with Crippen molar-refractivity contribution < 1.29 is 18.7 Å². The lowest BCUT2D eigenvalue weighted by atomic mass is 10.0. The first-order chi connectivity index (χ1) is 16.0. The van der Waals surface area contributed by atoms with Crippen LogP contribution in [0.3, 0.4) is 0 Å². The van der Waals surface area contributed by atoms with Crippen molar-refractivity contribution in [3.8, 4) is 5.75 Å². The largest absolute Gasteiger partial charge is 0.481 e. The highest BCUT2D eigenvalue weighted by Crippen LogP contribution is 2.21. The first-order valence-corrected chi connectivity index (χ1v) is 11.1. The number of benzene rings is 3. The lowest BCUT2D eigenvalue weighted by molar-refractivity contribution is -0.142. The molecule has 0 radical (unpaired) electrons. The van der Waals surface area contributed by atoms with Crippen molar-refractivity contribution in [3.63, 3.8) is 0 Å². The maximum Gasteiger partial charge on any atom is 0.261 e. The van der Waals surface area contributed by atoms with Crippen molar-refractivity contribution in [3.05, 3.63) is 101 Å². The Bertz CT molecular complexity index is 1080. The zero-order valence-electron chi connectivity index (χ0n) is 18.3. The normalized spacial score (nSPS) is 11.5. The SMILES string of the molecule is CCNC(=O)C(Cc1ccccc1)N(Cc1ccccc1Cl)C(=O)COc1ccccc1F. The van der Waals surface area contributed by atoms with Gasteiger partial charge < -0.3 is 15.0 Å². The average molecular weight is 469 g/mol. The summed E-state index contributed by atoms with van der Waals surface area (Å²) in [5, 5.41) is 3.30. The first kappa shape index (κ1) is 24.3. The Kier molecular flexibility index (Phi) is 8.84. The zero-order chi connectivity index (χ0) is 23.6. The molecule has 33 heavy (non-hydrogen) atoms. The Morgan fingerprint density at radius 2 is 1.67 bits per heavy atom. The van der Waals surface area contributed by atoms with Crippen LogP contribution in [0.15, 0.2) is 78.9 Å². The summed E-state index contributed by atoms with van der Waals surface area (Å²) >= 11 is 6.35. The van der Waals surface area contributed by atoms with Crippen LogP contribution >= 0.6 is 11.6 Å². The predicted molar refractivity (Wildman–Crippen MR) is 127 cm³/mol. The number of para-hydroxylation sites is 1.